The van der Waals surface area contributed by atoms with Crippen LogP contribution in [0.3, 0.4) is 0 Å². The van der Waals surface area contributed by atoms with E-state index in [1.807, 2.05) is 0 Å². The van der Waals surface area contributed by atoms with Gasteiger partial charge in [0.05, 0.1) is 29.8 Å². The van der Waals surface area contributed by atoms with Crippen LogP contribution in [-0.2, 0) is 6.18 Å². The van der Waals surface area contributed by atoms with E-state index in [9.17, 15) is 23.1 Å². The molecule has 1 aromatic heterocycles. The van der Waals surface area contributed by atoms with Crippen LogP contribution in [0.15, 0.2) is 47.3 Å². The summed E-state index contributed by atoms with van der Waals surface area (Å²) in [6.45, 7) is -0.218. The Balaban J connectivity index is 2.08. The summed E-state index contributed by atoms with van der Waals surface area (Å²) in [5, 5.41) is 12.0. The fourth-order valence-electron chi connectivity index (χ4n) is 1.80. The molecule has 0 bridgehead atoms. The van der Waals surface area contributed by atoms with Crippen molar-refractivity contribution < 1.29 is 27.5 Å². The van der Waals surface area contributed by atoms with Crippen LogP contribution in [0.2, 0.25) is 0 Å². The number of halogens is 3. The molecule has 0 unspecified atom stereocenters. The topological polar surface area (TPSA) is 62.5 Å². The quantitative estimate of drug-likeness (QED) is 0.912. The normalized spacial score (nSPS) is 13.0. The van der Waals surface area contributed by atoms with Crippen molar-refractivity contribution in [3.8, 4) is 0 Å². The first-order valence-corrected chi connectivity index (χ1v) is 6.04. The van der Waals surface area contributed by atoms with E-state index in [1.54, 1.807) is 0 Å². The van der Waals surface area contributed by atoms with Crippen molar-refractivity contribution in [3.63, 3.8) is 0 Å². The molecule has 2 N–H and O–H groups in total. The molecule has 112 valence electrons. The maximum Gasteiger partial charge on any atom is 0.417 e. The SMILES string of the molecule is O=C(NC[C@@H](O)c1ccoc1)c1ccccc1C(F)(F)F. The molecule has 0 saturated carbocycles. The monoisotopic (exact) mass is 299 g/mol. The summed E-state index contributed by atoms with van der Waals surface area (Å²) in [4.78, 5) is 11.8. The zero-order valence-electron chi connectivity index (χ0n) is 10.7. The van der Waals surface area contributed by atoms with E-state index >= 15 is 0 Å². The highest BCUT2D eigenvalue weighted by atomic mass is 19.4. The second kappa shape index (κ2) is 6.01. The van der Waals surface area contributed by atoms with Crippen molar-refractivity contribution in [2.75, 3.05) is 6.54 Å². The molecule has 1 amide bonds. The molecule has 4 nitrogen and oxygen atoms in total. The van der Waals surface area contributed by atoms with E-state index in [2.05, 4.69) is 5.32 Å². The molecule has 0 aliphatic carbocycles. The fraction of sp³-hybridized carbons (Fsp3) is 0.214. The number of carbonyl (C=O) groups is 1. The highest BCUT2D eigenvalue weighted by molar-refractivity contribution is 5.95. The number of alkyl halides is 3. The number of aliphatic hydroxyl groups is 1. The Morgan fingerprint density at radius 2 is 2.00 bits per heavy atom. The van der Waals surface area contributed by atoms with E-state index < -0.39 is 29.3 Å². The van der Waals surface area contributed by atoms with Crippen LogP contribution in [0.5, 0.6) is 0 Å². The van der Waals surface area contributed by atoms with E-state index in [0.29, 0.717) is 5.56 Å². The Morgan fingerprint density at radius 3 is 2.62 bits per heavy atom. The minimum atomic E-state index is -4.61. The van der Waals surface area contributed by atoms with Gasteiger partial charge in [0.15, 0.2) is 0 Å². The molecule has 0 aliphatic rings. The predicted octanol–water partition coefficient (Wildman–Crippen LogP) is 2.76. The van der Waals surface area contributed by atoms with Crippen molar-refractivity contribution in [1.29, 1.82) is 0 Å². The van der Waals surface area contributed by atoms with Crippen molar-refractivity contribution in [2.24, 2.45) is 0 Å². The van der Waals surface area contributed by atoms with Gasteiger partial charge in [0.1, 0.15) is 0 Å². The minimum Gasteiger partial charge on any atom is -0.472 e. The van der Waals surface area contributed by atoms with Gasteiger partial charge in [-0.2, -0.15) is 13.2 Å². The van der Waals surface area contributed by atoms with E-state index in [0.717, 1.165) is 12.1 Å². The van der Waals surface area contributed by atoms with Crippen LogP contribution >= 0.6 is 0 Å². The maximum atomic E-state index is 12.8. The first-order valence-electron chi connectivity index (χ1n) is 6.04. The molecule has 1 aromatic carbocycles. The fourth-order valence-corrected chi connectivity index (χ4v) is 1.80. The van der Waals surface area contributed by atoms with Gasteiger partial charge in [-0.1, -0.05) is 12.1 Å². The van der Waals surface area contributed by atoms with Crippen molar-refractivity contribution >= 4 is 5.91 Å². The third kappa shape index (κ3) is 3.63. The molecule has 0 radical (unpaired) electrons. The Morgan fingerprint density at radius 1 is 1.29 bits per heavy atom. The lowest BCUT2D eigenvalue weighted by molar-refractivity contribution is -0.137. The highest BCUT2D eigenvalue weighted by Gasteiger charge is 2.34. The molecular formula is C14H12F3NO3. The van der Waals surface area contributed by atoms with Gasteiger partial charge in [-0.05, 0) is 18.2 Å². The smallest absolute Gasteiger partial charge is 0.417 e. The standard InChI is InChI=1S/C14H12F3NO3/c15-14(16,17)11-4-2-1-3-10(11)13(20)18-7-12(19)9-5-6-21-8-9/h1-6,8,12,19H,7H2,(H,18,20)/t12-/m1/s1. The maximum absolute atomic E-state index is 12.8. The largest absolute Gasteiger partial charge is 0.472 e. The zero-order chi connectivity index (χ0) is 15.5. The van der Waals surface area contributed by atoms with Crippen LogP contribution in [0, 0.1) is 0 Å². The van der Waals surface area contributed by atoms with E-state index in [4.69, 9.17) is 4.42 Å². The highest BCUT2D eigenvalue weighted by Crippen LogP contribution is 2.31. The average molecular weight is 299 g/mol. The molecule has 2 aromatic rings. The number of amides is 1. The number of carbonyl (C=O) groups excluding carboxylic acids is 1. The van der Waals surface area contributed by atoms with Crippen LogP contribution in [0.25, 0.3) is 0 Å². The average Bonchev–Trinajstić information content (AvgIpc) is 2.97. The third-order valence-electron chi connectivity index (χ3n) is 2.86. The lowest BCUT2D eigenvalue weighted by atomic mass is 10.1. The van der Waals surface area contributed by atoms with Crippen LogP contribution in [0.4, 0.5) is 13.2 Å². The second-order valence-electron chi connectivity index (χ2n) is 4.33. The van der Waals surface area contributed by atoms with Crippen LogP contribution in [0.1, 0.15) is 27.6 Å². The van der Waals surface area contributed by atoms with Crippen molar-refractivity contribution in [2.45, 2.75) is 12.3 Å². The number of rotatable bonds is 4. The van der Waals surface area contributed by atoms with Crippen molar-refractivity contribution in [3.05, 3.63) is 59.5 Å². The van der Waals surface area contributed by atoms with Gasteiger partial charge in [0.2, 0.25) is 0 Å². The first kappa shape index (κ1) is 15.1. The van der Waals surface area contributed by atoms with Gasteiger partial charge < -0.3 is 14.8 Å². The van der Waals surface area contributed by atoms with Crippen LogP contribution in [-0.4, -0.2) is 17.6 Å². The summed E-state index contributed by atoms with van der Waals surface area (Å²) < 4.78 is 43.1. The van der Waals surface area contributed by atoms with Gasteiger partial charge in [-0.15, -0.1) is 0 Å². The lowest BCUT2D eigenvalue weighted by Gasteiger charge is -2.14. The molecule has 1 atom stereocenters. The summed E-state index contributed by atoms with van der Waals surface area (Å²) in [5.74, 6) is -0.898. The van der Waals surface area contributed by atoms with Gasteiger partial charge in [0, 0.05) is 12.1 Å². The van der Waals surface area contributed by atoms with Gasteiger partial charge in [0.25, 0.3) is 5.91 Å². The van der Waals surface area contributed by atoms with Crippen LogP contribution < -0.4 is 5.32 Å². The van der Waals surface area contributed by atoms with Gasteiger partial charge in [-0.25, -0.2) is 0 Å². The molecule has 2 rings (SSSR count). The molecule has 0 saturated heterocycles. The Kier molecular flexibility index (Phi) is 4.32. The number of nitrogens with one attached hydrogen (secondary N) is 1. The molecule has 7 heteroatoms. The van der Waals surface area contributed by atoms with Gasteiger partial charge >= 0.3 is 6.18 Å². The third-order valence-corrected chi connectivity index (χ3v) is 2.86. The Labute approximate surface area is 118 Å². The summed E-state index contributed by atoms with van der Waals surface area (Å²) in [6.07, 6.45) is -3.03. The van der Waals surface area contributed by atoms with Crippen molar-refractivity contribution in [1.82, 2.24) is 5.32 Å². The molecule has 21 heavy (non-hydrogen) atoms. The molecule has 0 aliphatic heterocycles. The Bertz CT molecular complexity index is 608. The second-order valence-corrected chi connectivity index (χ2v) is 4.33. The molecule has 1 heterocycles. The number of benzene rings is 1. The molecule has 0 spiro atoms. The van der Waals surface area contributed by atoms with E-state index in [1.165, 1.54) is 30.7 Å². The lowest BCUT2D eigenvalue weighted by Crippen LogP contribution is -2.30. The van der Waals surface area contributed by atoms with Gasteiger partial charge in [-0.3, -0.25) is 4.79 Å². The molecular weight excluding hydrogens is 287 g/mol. The number of hydrogen-bond donors (Lipinski definition) is 2. The summed E-state index contributed by atoms with van der Waals surface area (Å²) in [7, 11) is 0. The van der Waals surface area contributed by atoms with E-state index in [-0.39, 0.29) is 6.54 Å². The molecule has 0 fully saturated rings. The minimum absolute atomic E-state index is 0.218. The predicted molar refractivity (Wildman–Crippen MR) is 67.4 cm³/mol. The number of hydrogen-bond acceptors (Lipinski definition) is 3. The number of furan rings is 1. The zero-order valence-corrected chi connectivity index (χ0v) is 10.7. The summed E-state index contributed by atoms with van der Waals surface area (Å²) in [5.41, 5.74) is -1.07. The Hall–Kier alpha value is -2.28. The summed E-state index contributed by atoms with van der Waals surface area (Å²) in [6, 6.07) is 5.97. The summed E-state index contributed by atoms with van der Waals surface area (Å²) >= 11 is 0. The number of aliphatic hydroxyl groups excluding tert-OH is 1. The first-order chi connectivity index (χ1) is 9.89.